The average Bonchev–Trinajstić information content (AvgIpc) is 2.64. The van der Waals surface area contributed by atoms with Crippen molar-refractivity contribution in [2.75, 3.05) is 0 Å². The Labute approximate surface area is 158 Å². The first-order chi connectivity index (χ1) is 12.9. The molecule has 1 aliphatic rings. The van der Waals surface area contributed by atoms with Gasteiger partial charge >= 0.3 is 0 Å². The highest BCUT2D eigenvalue weighted by Gasteiger charge is 2.32. The predicted octanol–water partition coefficient (Wildman–Crippen LogP) is 5.37. The number of halogens is 1. The van der Waals surface area contributed by atoms with Gasteiger partial charge in [-0.3, -0.25) is 4.79 Å². The van der Waals surface area contributed by atoms with Gasteiger partial charge in [-0.15, -0.1) is 0 Å². The predicted molar refractivity (Wildman–Crippen MR) is 106 cm³/mol. The van der Waals surface area contributed by atoms with Crippen molar-refractivity contribution in [3.8, 4) is 11.4 Å². The Balaban J connectivity index is 1.91. The van der Waals surface area contributed by atoms with Crippen molar-refractivity contribution >= 4 is 10.9 Å². The van der Waals surface area contributed by atoms with Gasteiger partial charge in [0.25, 0.3) is 0 Å². The number of hydrogen-bond donors (Lipinski definition) is 1. The van der Waals surface area contributed by atoms with Crippen LogP contribution in [-0.4, -0.2) is 9.67 Å². The summed E-state index contributed by atoms with van der Waals surface area (Å²) in [5.74, 6) is -0.267. The molecule has 0 saturated heterocycles. The van der Waals surface area contributed by atoms with Gasteiger partial charge in [0.05, 0.1) is 11.2 Å². The lowest BCUT2D eigenvalue weighted by Gasteiger charge is -2.34. The molecule has 0 aliphatic heterocycles. The standard InChI is InChI=1S/C23H24FNO2/c1-15-7-6-8-18-22(15)20(26)9-12-25(18)19-14-21(27)16(13-17(19)24)23(2)10-4-3-5-11-23/h6-9,12-14,27H,3-5,10-11H2,1-2H3. The molecule has 0 unspecified atom stereocenters. The Bertz CT molecular complexity index is 1080. The Morgan fingerprint density at radius 1 is 1.11 bits per heavy atom. The van der Waals surface area contributed by atoms with E-state index < -0.39 is 0 Å². The second-order valence-electron chi connectivity index (χ2n) is 7.96. The molecule has 1 fully saturated rings. The SMILES string of the molecule is Cc1cccc2c1c(=O)ccn2-c1cc(O)c(C2(C)CCCCC2)cc1F. The third-order valence-electron chi connectivity index (χ3n) is 6.06. The zero-order valence-corrected chi connectivity index (χ0v) is 15.8. The average molecular weight is 365 g/mol. The molecule has 4 heteroatoms. The minimum atomic E-state index is -0.388. The van der Waals surface area contributed by atoms with E-state index in [0.29, 0.717) is 16.5 Å². The monoisotopic (exact) mass is 365 g/mol. The lowest BCUT2D eigenvalue weighted by atomic mass is 9.70. The Morgan fingerprint density at radius 2 is 1.85 bits per heavy atom. The fourth-order valence-electron chi connectivity index (χ4n) is 4.51. The molecular formula is C23H24FNO2. The van der Waals surface area contributed by atoms with Crippen molar-refractivity contribution in [2.45, 2.75) is 51.4 Å². The molecule has 2 aromatic carbocycles. The number of nitrogens with zero attached hydrogens (tertiary/aromatic N) is 1. The minimum absolute atomic E-state index is 0.0877. The first-order valence-electron chi connectivity index (χ1n) is 9.55. The molecule has 0 radical (unpaired) electrons. The highest BCUT2D eigenvalue weighted by Crippen LogP contribution is 2.43. The number of phenolic OH excluding ortho intramolecular Hbond substituents is 1. The van der Waals surface area contributed by atoms with Crippen LogP contribution in [0, 0.1) is 12.7 Å². The van der Waals surface area contributed by atoms with Gasteiger partial charge in [-0.2, -0.15) is 0 Å². The number of fused-ring (bicyclic) bond motifs is 1. The van der Waals surface area contributed by atoms with Crippen molar-refractivity contribution in [1.82, 2.24) is 4.57 Å². The number of benzene rings is 2. The van der Waals surface area contributed by atoms with Crippen LogP contribution in [0.3, 0.4) is 0 Å². The van der Waals surface area contributed by atoms with Gasteiger partial charge in [0.15, 0.2) is 5.43 Å². The van der Waals surface area contributed by atoms with Gasteiger partial charge in [0, 0.05) is 29.3 Å². The summed E-state index contributed by atoms with van der Waals surface area (Å²) in [7, 11) is 0. The first kappa shape index (κ1) is 17.8. The number of rotatable bonds is 2. The summed E-state index contributed by atoms with van der Waals surface area (Å²) in [6.07, 6.45) is 6.88. The van der Waals surface area contributed by atoms with Gasteiger partial charge in [0.2, 0.25) is 0 Å². The second kappa shape index (κ2) is 6.52. The molecule has 1 saturated carbocycles. The van der Waals surface area contributed by atoms with Crippen LogP contribution in [-0.2, 0) is 5.41 Å². The molecule has 1 heterocycles. The first-order valence-corrected chi connectivity index (χ1v) is 9.55. The van der Waals surface area contributed by atoms with Gasteiger partial charge in [0.1, 0.15) is 11.6 Å². The number of pyridine rings is 1. The summed E-state index contributed by atoms with van der Waals surface area (Å²) >= 11 is 0. The molecule has 0 atom stereocenters. The van der Waals surface area contributed by atoms with Crippen LogP contribution < -0.4 is 5.43 Å². The van der Waals surface area contributed by atoms with Gasteiger partial charge in [-0.05, 0) is 42.9 Å². The zero-order chi connectivity index (χ0) is 19.2. The van der Waals surface area contributed by atoms with Gasteiger partial charge in [-0.1, -0.05) is 38.3 Å². The molecule has 0 spiro atoms. The number of phenols is 1. The Hall–Kier alpha value is -2.62. The molecule has 140 valence electrons. The molecule has 0 amide bonds. The maximum Gasteiger partial charge on any atom is 0.189 e. The van der Waals surface area contributed by atoms with E-state index in [1.807, 2.05) is 19.1 Å². The van der Waals surface area contributed by atoms with Crippen molar-refractivity contribution in [3.05, 3.63) is 69.8 Å². The summed E-state index contributed by atoms with van der Waals surface area (Å²) < 4.78 is 16.8. The summed E-state index contributed by atoms with van der Waals surface area (Å²) in [6, 6.07) is 9.95. The molecular weight excluding hydrogens is 341 g/mol. The number of hydrogen-bond acceptors (Lipinski definition) is 2. The molecule has 1 aromatic heterocycles. The summed E-state index contributed by atoms with van der Waals surface area (Å²) in [5, 5.41) is 11.3. The van der Waals surface area contributed by atoms with Crippen LogP contribution in [0.4, 0.5) is 4.39 Å². The van der Waals surface area contributed by atoms with Crippen molar-refractivity contribution in [2.24, 2.45) is 0 Å². The number of aromatic hydroxyl groups is 1. The van der Waals surface area contributed by atoms with Crippen LogP contribution in [0.1, 0.15) is 50.2 Å². The van der Waals surface area contributed by atoms with E-state index in [-0.39, 0.29) is 28.1 Å². The van der Waals surface area contributed by atoms with Crippen LogP contribution in [0.15, 0.2) is 47.4 Å². The highest BCUT2D eigenvalue weighted by molar-refractivity contribution is 5.83. The topological polar surface area (TPSA) is 42.2 Å². The smallest absolute Gasteiger partial charge is 0.189 e. The largest absolute Gasteiger partial charge is 0.508 e. The summed E-state index contributed by atoms with van der Waals surface area (Å²) in [5.41, 5.74) is 2.15. The van der Waals surface area contributed by atoms with Crippen LogP contribution >= 0.6 is 0 Å². The fourth-order valence-corrected chi connectivity index (χ4v) is 4.51. The summed E-state index contributed by atoms with van der Waals surface area (Å²) in [6.45, 7) is 3.98. The molecule has 3 nitrogen and oxygen atoms in total. The van der Waals surface area contributed by atoms with E-state index in [9.17, 15) is 9.90 Å². The summed E-state index contributed by atoms with van der Waals surface area (Å²) in [4.78, 5) is 12.3. The number of aryl methyl sites for hydroxylation is 1. The highest BCUT2D eigenvalue weighted by atomic mass is 19.1. The van der Waals surface area contributed by atoms with Crippen molar-refractivity contribution in [3.63, 3.8) is 0 Å². The van der Waals surface area contributed by atoms with E-state index in [0.717, 1.165) is 31.2 Å². The molecule has 1 N–H and O–H groups in total. The molecule has 0 bridgehead atoms. The number of aromatic nitrogens is 1. The van der Waals surface area contributed by atoms with E-state index in [4.69, 9.17) is 0 Å². The maximum absolute atomic E-state index is 15.2. The Morgan fingerprint density at radius 3 is 2.59 bits per heavy atom. The van der Waals surface area contributed by atoms with Gasteiger partial charge in [-0.25, -0.2) is 4.39 Å². The van der Waals surface area contributed by atoms with Crippen LogP contribution in [0.5, 0.6) is 5.75 Å². The van der Waals surface area contributed by atoms with E-state index >= 15 is 4.39 Å². The van der Waals surface area contributed by atoms with Gasteiger partial charge < -0.3 is 9.67 Å². The third kappa shape index (κ3) is 2.93. The normalized spacial score (nSPS) is 16.6. The third-order valence-corrected chi connectivity index (χ3v) is 6.06. The lowest BCUT2D eigenvalue weighted by Crippen LogP contribution is -2.25. The van der Waals surface area contributed by atoms with Crippen molar-refractivity contribution < 1.29 is 9.50 Å². The fraction of sp³-hybridized carbons (Fsp3) is 0.348. The minimum Gasteiger partial charge on any atom is -0.508 e. The van der Waals surface area contributed by atoms with E-state index in [2.05, 4.69) is 6.92 Å². The zero-order valence-electron chi connectivity index (χ0n) is 15.8. The van der Waals surface area contributed by atoms with Crippen LogP contribution in [0.25, 0.3) is 16.6 Å². The molecule has 3 aromatic rings. The Kier molecular flexibility index (Phi) is 4.29. The molecule has 27 heavy (non-hydrogen) atoms. The van der Waals surface area contributed by atoms with E-state index in [1.54, 1.807) is 16.8 Å². The molecule has 1 aliphatic carbocycles. The van der Waals surface area contributed by atoms with Crippen molar-refractivity contribution in [1.29, 1.82) is 0 Å². The van der Waals surface area contributed by atoms with Crippen LogP contribution in [0.2, 0.25) is 0 Å². The quantitative estimate of drug-likeness (QED) is 0.664. The second-order valence-corrected chi connectivity index (χ2v) is 7.96. The maximum atomic E-state index is 15.2. The van der Waals surface area contributed by atoms with E-state index in [1.165, 1.54) is 24.6 Å². The lowest BCUT2D eigenvalue weighted by molar-refractivity contribution is 0.307. The molecule has 4 rings (SSSR count).